The lowest BCUT2D eigenvalue weighted by atomic mass is 9.94. The molecule has 2 N–H and O–H groups in total. The zero-order chi connectivity index (χ0) is 10.8. The number of halogens is 1. The standard InChI is InChI=1S/C11H16ClN3/c1-8-4-6-15(7-10(8)13)11-9(12)3-2-5-14-11/h2-3,5,8,10H,4,6-7,13H2,1H3. The maximum Gasteiger partial charge on any atom is 0.147 e. The van der Waals surface area contributed by atoms with Gasteiger partial charge in [0.1, 0.15) is 5.82 Å². The molecule has 1 saturated heterocycles. The molecule has 1 aromatic heterocycles. The molecule has 3 nitrogen and oxygen atoms in total. The lowest BCUT2D eigenvalue weighted by Gasteiger charge is -2.36. The van der Waals surface area contributed by atoms with Crippen LogP contribution in [0.1, 0.15) is 13.3 Å². The Bertz CT molecular complexity index is 342. The van der Waals surface area contributed by atoms with Gasteiger partial charge in [-0.15, -0.1) is 0 Å². The molecule has 2 atom stereocenters. The van der Waals surface area contributed by atoms with Crippen LogP contribution in [-0.2, 0) is 0 Å². The van der Waals surface area contributed by atoms with Crippen LogP contribution in [0, 0.1) is 5.92 Å². The lowest BCUT2D eigenvalue weighted by Crippen LogP contribution is -2.48. The molecule has 1 fully saturated rings. The average Bonchev–Trinajstić information content (AvgIpc) is 2.23. The summed E-state index contributed by atoms with van der Waals surface area (Å²) < 4.78 is 0. The van der Waals surface area contributed by atoms with E-state index in [1.165, 1.54) is 0 Å². The second-order valence-corrected chi connectivity index (χ2v) is 4.59. The predicted molar refractivity (Wildman–Crippen MR) is 63.2 cm³/mol. The Morgan fingerprint density at radius 3 is 3.07 bits per heavy atom. The largest absolute Gasteiger partial charge is 0.354 e. The molecule has 1 aliphatic heterocycles. The highest BCUT2D eigenvalue weighted by molar-refractivity contribution is 6.32. The smallest absolute Gasteiger partial charge is 0.147 e. The van der Waals surface area contributed by atoms with Gasteiger partial charge in [0.05, 0.1) is 5.02 Å². The quantitative estimate of drug-likeness (QED) is 0.794. The number of piperidine rings is 1. The fourth-order valence-corrected chi connectivity index (χ4v) is 2.14. The van der Waals surface area contributed by atoms with Gasteiger partial charge in [-0.1, -0.05) is 18.5 Å². The van der Waals surface area contributed by atoms with Crippen LogP contribution in [0.25, 0.3) is 0 Å². The van der Waals surface area contributed by atoms with Crippen molar-refractivity contribution in [3.63, 3.8) is 0 Å². The Hall–Kier alpha value is -0.800. The van der Waals surface area contributed by atoms with Gasteiger partial charge in [-0.3, -0.25) is 0 Å². The zero-order valence-electron chi connectivity index (χ0n) is 8.86. The van der Waals surface area contributed by atoms with Crippen LogP contribution in [0.15, 0.2) is 18.3 Å². The summed E-state index contributed by atoms with van der Waals surface area (Å²) in [6.45, 7) is 4.03. The van der Waals surface area contributed by atoms with Crippen LogP contribution in [0.2, 0.25) is 5.02 Å². The van der Waals surface area contributed by atoms with Crippen LogP contribution in [0.4, 0.5) is 5.82 Å². The summed E-state index contributed by atoms with van der Waals surface area (Å²) in [6.07, 6.45) is 2.87. The molecule has 0 aliphatic carbocycles. The fourth-order valence-electron chi connectivity index (χ4n) is 1.90. The molecular formula is C11H16ClN3. The molecular weight excluding hydrogens is 210 g/mol. The van der Waals surface area contributed by atoms with Crippen LogP contribution in [0.3, 0.4) is 0 Å². The third-order valence-corrected chi connectivity index (χ3v) is 3.35. The Balaban J connectivity index is 2.15. The lowest BCUT2D eigenvalue weighted by molar-refractivity contribution is 0.378. The predicted octanol–water partition coefficient (Wildman–Crippen LogP) is 1.91. The summed E-state index contributed by atoms with van der Waals surface area (Å²) in [7, 11) is 0. The Morgan fingerprint density at radius 2 is 2.40 bits per heavy atom. The minimum atomic E-state index is 0.219. The summed E-state index contributed by atoms with van der Waals surface area (Å²) in [4.78, 5) is 6.47. The number of anilines is 1. The van der Waals surface area contributed by atoms with Gasteiger partial charge in [0.2, 0.25) is 0 Å². The summed E-state index contributed by atoms with van der Waals surface area (Å²) >= 11 is 6.10. The summed E-state index contributed by atoms with van der Waals surface area (Å²) in [5, 5.41) is 0.708. The first-order valence-corrected chi connectivity index (χ1v) is 5.67. The van der Waals surface area contributed by atoms with E-state index in [-0.39, 0.29) is 6.04 Å². The van der Waals surface area contributed by atoms with Gasteiger partial charge in [-0.2, -0.15) is 0 Å². The molecule has 2 rings (SSSR count). The van der Waals surface area contributed by atoms with Crippen molar-refractivity contribution in [1.29, 1.82) is 0 Å². The third kappa shape index (κ3) is 2.24. The number of pyridine rings is 1. The second kappa shape index (κ2) is 4.37. The highest BCUT2D eigenvalue weighted by atomic mass is 35.5. The molecule has 4 heteroatoms. The Labute approximate surface area is 95.2 Å². The van der Waals surface area contributed by atoms with Crippen LogP contribution in [-0.4, -0.2) is 24.1 Å². The van der Waals surface area contributed by atoms with Crippen LogP contribution < -0.4 is 10.6 Å². The molecule has 82 valence electrons. The SMILES string of the molecule is CC1CCN(c2ncccc2Cl)CC1N. The van der Waals surface area contributed by atoms with Gasteiger partial charge in [0.25, 0.3) is 0 Å². The van der Waals surface area contributed by atoms with Crippen molar-refractivity contribution in [3.05, 3.63) is 23.4 Å². The highest BCUT2D eigenvalue weighted by Crippen LogP contribution is 2.26. The van der Waals surface area contributed by atoms with E-state index in [9.17, 15) is 0 Å². The third-order valence-electron chi connectivity index (χ3n) is 3.06. The van der Waals surface area contributed by atoms with Crippen molar-refractivity contribution in [2.45, 2.75) is 19.4 Å². The molecule has 0 saturated carbocycles. The average molecular weight is 226 g/mol. The molecule has 1 aliphatic rings. The fraction of sp³-hybridized carbons (Fsp3) is 0.545. The van der Waals surface area contributed by atoms with Gasteiger partial charge in [-0.25, -0.2) is 4.98 Å². The Kier molecular flexibility index (Phi) is 3.12. The van der Waals surface area contributed by atoms with Crippen molar-refractivity contribution in [2.24, 2.45) is 11.7 Å². The van der Waals surface area contributed by atoms with Gasteiger partial charge in [0.15, 0.2) is 0 Å². The Morgan fingerprint density at radius 1 is 1.60 bits per heavy atom. The number of rotatable bonds is 1. The van der Waals surface area contributed by atoms with Gasteiger partial charge in [-0.05, 0) is 24.5 Å². The molecule has 0 radical (unpaired) electrons. The number of nitrogens with two attached hydrogens (primary N) is 1. The van der Waals surface area contributed by atoms with Crippen LogP contribution >= 0.6 is 11.6 Å². The number of aromatic nitrogens is 1. The number of hydrogen-bond donors (Lipinski definition) is 1. The van der Waals surface area contributed by atoms with Gasteiger partial charge >= 0.3 is 0 Å². The van der Waals surface area contributed by atoms with Crippen molar-refractivity contribution in [2.75, 3.05) is 18.0 Å². The first kappa shape index (κ1) is 10.7. The topological polar surface area (TPSA) is 42.2 Å². The van der Waals surface area contributed by atoms with E-state index in [2.05, 4.69) is 16.8 Å². The molecule has 0 aromatic carbocycles. The maximum atomic E-state index is 6.10. The van der Waals surface area contributed by atoms with Crippen molar-refractivity contribution < 1.29 is 0 Å². The van der Waals surface area contributed by atoms with Gasteiger partial charge in [0, 0.05) is 25.3 Å². The van der Waals surface area contributed by atoms with Gasteiger partial charge < -0.3 is 10.6 Å². The maximum absolute atomic E-state index is 6.10. The molecule has 2 unspecified atom stereocenters. The molecule has 15 heavy (non-hydrogen) atoms. The number of hydrogen-bond acceptors (Lipinski definition) is 3. The van der Waals surface area contributed by atoms with E-state index >= 15 is 0 Å². The minimum Gasteiger partial charge on any atom is -0.354 e. The van der Waals surface area contributed by atoms with E-state index in [0.717, 1.165) is 25.3 Å². The van der Waals surface area contributed by atoms with E-state index < -0.39 is 0 Å². The molecule has 0 spiro atoms. The molecule has 0 bridgehead atoms. The van der Waals surface area contributed by atoms with E-state index in [1.807, 2.05) is 12.1 Å². The summed E-state index contributed by atoms with van der Waals surface area (Å²) in [5.41, 5.74) is 6.04. The van der Waals surface area contributed by atoms with E-state index in [1.54, 1.807) is 6.20 Å². The minimum absolute atomic E-state index is 0.219. The summed E-state index contributed by atoms with van der Waals surface area (Å²) in [5.74, 6) is 1.45. The van der Waals surface area contributed by atoms with Crippen molar-refractivity contribution in [3.8, 4) is 0 Å². The van der Waals surface area contributed by atoms with Crippen molar-refractivity contribution in [1.82, 2.24) is 4.98 Å². The molecule has 2 heterocycles. The van der Waals surface area contributed by atoms with Crippen molar-refractivity contribution >= 4 is 17.4 Å². The first-order valence-electron chi connectivity index (χ1n) is 5.29. The number of nitrogens with zero attached hydrogens (tertiary/aromatic N) is 2. The monoisotopic (exact) mass is 225 g/mol. The van der Waals surface area contributed by atoms with Crippen LogP contribution in [0.5, 0.6) is 0 Å². The first-order chi connectivity index (χ1) is 7.18. The molecule has 1 aromatic rings. The van der Waals surface area contributed by atoms with E-state index in [4.69, 9.17) is 17.3 Å². The zero-order valence-corrected chi connectivity index (χ0v) is 9.61. The molecule has 0 amide bonds. The normalized spacial score (nSPS) is 26.7. The summed E-state index contributed by atoms with van der Waals surface area (Å²) in [6, 6.07) is 3.93. The van der Waals surface area contributed by atoms with E-state index in [0.29, 0.717) is 10.9 Å². The highest BCUT2D eigenvalue weighted by Gasteiger charge is 2.24. The second-order valence-electron chi connectivity index (χ2n) is 4.18.